The molecule has 5 nitrogen and oxygen atoms in total. The Morgan fingerprint density at radius 3 is 2.71 bits per heavy atom. The molecule has 4 rings (SSSR count). The van der Waals surface area contributed by atoms with Gasteiger partial charge in [0.15, 0.2) is 11.5 Å². The molecule has 0 amide bonds. The number of rotatable bonds is 1. The molecule has 3 N–H and O–H groups in total. The number of aromatic amines is 1. The average Bonchev–Trinajstić information content (AvgIpc) is 2.90. The standard InChI is InChI=1S/C15H12ClN3O2/c16-9-3-1-2-8(14(9)17)15-18-10-6-12-13(7-11(10)19-15)21-5-4-20-12/h1-3,6-7H,4-5,17H2,(H,18,19). The number of nitrogens with two attached hydrogens (primary N) is 1. The van der Waals surface area contributed by atoms with E-state index in [0.717, 1.165) is 22.3 Å². The Morgan fingerprint density at radius 1 is 1.14 bits per heavy atom. The fourth-order valence-electron chi connectivity index (χ4n) is 2.42. The highest BCUT2D eigenvalue weighted by Gasteiger charge is 2.16. The lowest BCUT2D eigenvalue weighted by molar-refractivity contribution is 0.172. The van der Waals surface area contributed by atoms with Crippen molar-refractivity contribution >= 4 is 28.3 Å². The predicted molar refractivity (Wildman–Crippen MR) is 81.9 cm³/mol. The van der Waals surface area contributed by atoms with Gasteiger partial charge in [0.2, 0.25) is 0 Å². The minimum Gasteiger partial charge on any atom is -0.486 e. The lowest BCUT2D eigenvalue weighted by atomic mass is 10.2. The first kappa shape index (κ1) is 12.3. The molecule has 106 valence electrons. The third-order valence-corrected chi connectivity index (χ3v) is 3.78. The topological polar surface area (TPSA) is 73.2 Å². The second-order valence-electron chi connectivity index (χ2n) is 4.80. The normalized spacial score (nSPS) is 13.6. The summed E-state index contributed by atoms with van der Waals surface area (Å²) < 4.78 is 11.1. The third kappa shape index (κ3) is 1.97. The zero-order valence-electron chi connectivity index (χ0n) is 11.0. The lowest BCUT2D eigenvalue weighted by Gasteiger charge is -2.17. The summed E-state index contributed by atoms with van der Waals surface area (Å²) in [6.07, 6.45) is 0. The number of H-pyrrole nitrogens is 1. The maximum Gasteiger partial charge on any atom is 0.163 e. The maximum absolute atomic E-state index is 6.06. The number of hydrogen-bond donors (Lipinski definition) is 2. The summed E-state index contributed by atoms with van der Waals surface area (Å²) in [7, 11) is 0. The van der Waals surface area contributed by atoms with Crippen LogP contribution in [0.2, 0.25) is 5.02 Å². The van der Waals surface area contributed by atoms with Gasteiger partial charge in [-0.1, -0.05) is 17.7 Å². The number of fused-ring (bicyclic) bond motifs is 2. The highest BCUT2D eigenvalue weighted by atomic mass is 35.5. The Kier molecular flexibility index (Phi) is 2.68. The van der Waals surface area contributed by atoms with Crippen LogP contribution in [0.1, 0.15) is 0 Å². The number of hydrogen-bond acceptors (Lipinski definition) is 4. The molecular formula is C15H12ClN3O2. The molecule has 0 saturated heterocycles. The molecule has 2 heterocycles. The van der Waals surface area contributed by atoms with Gasteiger partial charge in [-0.15, -0.1) is 0 Å². The summed E-state index contributed by atoms with van der Waals surface area (Å²) in [4.78, 5) is 7.81. The van der Waals surface area contributed by atoms with Gasteiger partial charge < -0.3 is 20.2 Å². The van der Waals surface area contributed by atoms with E-state index in [1.165, 1.54) is 0 Å². The van der Waals surface area contributed by atoms with Crippen molar-refractivity contribution in [3.63, 3.8) is 0 Å². The Morgan fingerprint density at radius 2 is 1.90 bits per heavy atom. The Hall–Kier alpha value is -2.40. The Bertz CT molecular complexity index is 801. The smallest absolute Gasteiger partial charge is 0.163 e. The van der Waals surface area contributed by atoms with Crippen LogP contribution < -0.4 is 15.2 Å². The number of ether oxygens (including phenoxy) is 2. The molecule has 2 aromatic carbocycles. The number of nitrogen functional groups attached to an aromatic ring is 1. The van der Waals surface area contributed by atoms with E-state index < -0.39 is 0 Å². The zero-order valence-corrected chi connectivity index (χ0v) is 11.8. The van der Waals surface area contributed by atoms with Crippen LogP contribution >= 0.6 is 11.6 Å². The summed E-state index contributed by atoms with van der Waals surface area (Å²) in [5.41, 5.74) is 8.97. The molecule has 0 bridgehead atoms. The number of nitrogens with one attached hydrogen (secondary N) is 1. The van der Waals surface area contributed by atoms with Gasteiger partial charge in [-0.3, -0.25) is 0 Å². The summed E-state index contributed by atoms with van der Waals surface area (Å²) in [6.45, 7) is 1.11. The Balaban J connectivity index is 1.89. The highest BCUT2D eigenvalue weighted by Crippen LogP contribution is 2.36. The van der Waals surface area contributed by atoms with E-state index in [0.29, 0.717) is 35.5 Å². The monoisotopic (exact) mass is 301 g/mol. The minimum atomic E-state index is 0.510. The molecule has 1 aromatic heterocycles. The molecule has 0 aliphatic carbocycles. The van der Waals surface area contributed by atoms with Gasteiger partial charge >= 0.3 is 0 Å². The van der Waals surface area contributed by atoms with E-state index in [-0.39, 0.29) is 0 Å². The lowest BCUT2D eigenvalue weighted by Crippen LogP contribution is -2.15. The quantitative estimate of drug-likeness (QED) is 0.677. The van der Waals surface area contributed by atoms with E-state index in [4.69, 9.17) is 26.8 Å². The summed E-state index contributed by atoms with van der Waals surface area (Å²) in [5, 5.41) is 0.513. The van der Waals surface area contributed by atoms with E-state index in [1.54, 1.807) is 6.07 Å². The first-order chi connectivity index (χ1) is 10.2. The molecule has 1 aliphatic heterocycles. The van der Waals surface area contributed by atoms with Crippen LogP contribution in [-0.2, 0) is 0 Å². The number of halogens is 1. The molecule has 1 aliphatic rings. The van der Waals surface area contributed by atoms with Crippen LogP contribution in [0, 0.1) is 0 Å². The van der Waals surface area contributed by atoms with Crippen LogP contribution in [-0.4, -0.2) is 23.2 Å². The third-order valence-electron chi connectivity index (χ3n) is 3.45. The maximum atomic E-state index is 6.06. The highest BCUT2D eigenvalue weighted by molar-refractivity contribution is 6.33. The minimum absolute atomic E-state index is 0.510. The van der Waals surface area contributed by atoms with Gasteiger partial charge in [0.25, 0.3) is 0 Å². The van der Waals surface area contributed by atoms with Gasteiger partial charge in [0.05, 0.1) is 21.7 Å². The molecule has 3 aromatic rings. The first-order valence-corrected chi connectivity index (χ1v) is 6.94. The molecule has 21 heavy (non-hydrogen) atoms. The van der Waals surface area contributed by atoms with Crippen molar-refractivity contribution in [2.45, 2.75) is 0 Å². The van der Waals surface area contributed by atoms with E-state index in [2.05, 4.69) is 9.97 Å². The molecule has 6 heteroatoms. The van der Waals surface area contributed by atoms with Crippen LogP contribution in [0.3, 0.4) is 0 Å². The largest absolute Gasteiger partial charge is 0.486 e. The van der Waals surface area contributed by atoms with Crippen molar-refractivity contribution in [1.29, 1.82) is 0 Å². The SMILES string of the molecule is Nc1c(Cl)cccc1-c1nc2cc3c(cc2[nH]1)OCCO3. The number of anilines is 1. The molecule has 0 unspecified atom stereocenters. The van der Waals surface area contributed by atoms with E-state index >= 15 is 0 Å². The number of nitrogens with zero attached hydrogens (tertiary/aromatic N) is 1. The molecular weight excluding hydrogens is 290 g/mol. The summed E-state index contributed by atoms with van der Waals surface area (Å²) >= 11 is 6.06. The van der Waals surface area contributed by atoms with Gasteiger partial charge in [-0.05, 0) is 12.1 Å². The van der Waals surface area contributed by atoms with Crippen molar-refractivity contribution in [1.82, 2.24) is 9.97 Å². The second kappa shape index (κ2) is 4.56. The van der Waals surface area contributed by atoms with Crippen LogP contribution in [0.25, 0.3) is 22.4 Å². The van der Waals surface area contributed by atoms with Crippen LogP contribution in [0.5, 0.6) is 11.5 Å². The number of aromatic nitrogens is 2. The Labute approximate surface area is 125 Å². The van der Waals surface area contributed by atoms with Crippen molar-refractivity contribution in [3.8, 4) is 22.9 Å². The van der Waals surface area contributed by atoms with Gasteiger partial charge in [0.1, 0.15) is 19.0 Å². The first-order valence-electron chi connectivity index (χ1n) is 6.56. The molecule has 0 radical (unpaired) electrons. The summed E-state index contributed by atoms with van der Waals surface area (Å²) in [5.74, 6) is 2.11. The zero-order chi connectivity index (χ0) is 14.4. The molecule has 0 fully saturated rings. The van der Waals surface area contributed by atoms with Crippen molar-refractivity contribution < 1.29 is 9.47 Å². The molecule has 0 saturated carbocycles. The van der Waals surface area contributed by atoms with Crippen LogP contribution in [0.4, 0.5) is 5.69 Å². The number of para-hydroxylation sites is 1. The fraction of sp³-hybridized carbons (Fsp3) is 0.133. The van der Waals surface area contributed by atoms with Gasteiger partial charge in [-0.2, -0.15) is 0 Å². The van der Waals surface area contributed by atoms with Gasteiger partial charge in [0, 0.05) is 17.7 Å². The van der Waals surface area contributed by atoms with Crippen molar-refractivity contribution in [2.75, 3.05) is 18.9 Å². The molecule has 0 atom stereocenters. The average molecular weight is 302 g/mol. The van der Waals surface area contributed by atoms with Crippen molar-refractivity contribution in [3.05, 3.63) is 35.4 Å². The molecule has 0 spiro atoms. The van der Waals surface area contributed by atoms with Gasteiger partial charge in [-0.25, -0.2) is 4.98 Å². The van der Waals surface area contributed by atoms with Crippen molar-refractivity contribution in [2.24, 2.45) is 0 Å². The number of imidazole rings is 1. The number of benzene rings is 2. The summed E-state index contributed by atoms with van der Waals surface area (Å²) in [6, 6.07) is 9.24. The second-order valence-corrected chi connectivity index (χ2v) is 5.21. The predicted octanol–water partition coefficient (Wildman–Crippen LogP) is 3.24. The fourth-order valence-corrected chi connectivity index (χ4v) is 2.59. The van der Waals surface area contributed by atoms with E-state index in [1.807, 2.05) is 24.3 Å². The van der Waals surface area contributed by atoms with E-state index in [9.17, 15) is 0 Å². The van der Waals surface area contributed by atoms with Crippen LogP contribution in [0.15, 0.2) is 30.3 Å².